The van der Waals surface area contributed by atoms with Gasteiger partial charge >= 0.3 is 6.61 Å². The number of rotatable bonds is 7. The first-order valence-electron chi connectivity index (χ1n) is 6.54. The molecular weight excluding hydrogens is 296 g/mol. The van der Waals surface area contributed by atoms with Crippen LogP contribution in [0.25, 0.3) is 0 Å². The number of alkyl halides is 2. The van der Waals surface area contributed by atoms with E-state index in [4.69, 9.17) is 0 Å². The Balaban J connectivity index is 1.86. The van der Waals surface area contributed by atoms with Crippen molar-refractivity contribution in [2.75, 3.05) is 6.54 Å². The molecule has 0 aliphatic rings. The van der Waals surface area contributed by atoms with Gasteiger partial charge in [0, 0.05) is 12.6 Å². The van der Waals surface area contributed by atoms with E-state index in [2.05, 4.69) is 10.1 Å². The number of ether oxygens (including phenoxy) is 1. The van der Waals surface area contributed by atoms with Crippen molar-refractivity contribution in [3.05, 3.63) is 52.2 Å². The van der Waals surface area contributed by atoms with Crippen LogP contribution in [0.2, 0.25) is 0 Å². The third-order valence-corrected chi connectivity index (χ3v) is 3.85. The number of halogens is 2. The number of thiophene rings is 1. The summed E-state index contributed by atoms with van der Waals surface area (Å²) in [5.41, 5.74) is 1.83. The van der Waals surface area contributed by atoms with Crippen molar-refractivity contribution in [1.82, 2.24) is 5.32 Å². The SMILES string of the molecule is CC(NCC(O)c1ccsc1)c1ccc(OC(F)F)cc1. The summed E-state index contributed by atoms with van der Waals surface area (Å²) in [6.45, 7) is -0.441. The zero-order valence-corrected chi connectivity index (χ0v) is 12.3. The van der Waals surface area contributed by atoms with Gasteiger partial charge in [0.1, 0.15) is 5.75 Å². The molecule has 2 rings (SSSR count). The molecule has 2 unspecified atom stereocenters. The first-order chi connectivity index (χ1) is 10.1. The molecule has 0 spiro atoms. The summed E-state index contributed by atoms with van der Waals surface area (Å²) in [4.78, 5) is 0. The normalized spacial score (nSPS) is 14.1. The Morgan fingerprint density at radius 3 is 2.48 bits per heavy atom. The third kappa shape index (κ3) is 4.77. The van der Waals surface area contributed by atoms with Crippen molar-refractivity contribution in [3.8, 4) is 5.75 Å². The van der Waals surface area contributed by atoms with E-state index in [0.29, 0.717) is 6.54 Å². The lowest BCUT2D eigenvalue weighted by atomic mass is 10.1. The van der Waals surface area contributed by atoms with E-state index in [1.165, 1.54) is 12.1 Å². The van der Waals surface area contributed by atoms with Gasteiger partial charge < -0.3 is 15.2 Å². The summed E-state index contributed by atoms with van der Waals surface area (Å²) in [5.74, 6) is 0.138. The molecule has 114 valence electrons. The van der Waals surface area contributed by atoms with Crippen LogP contribution in [0, 0.1) is 0 Å². The van der Waals surface area contributed by atoms with Crippen LogP contribution in [-0.4, -0.2) is 18.3 Å². The van der Waals surface area contributed by atoms with Gasteiger partial charge in [-0.3, -0.25) is 0 Å². The van der Waals surface area contributed by atoms with E-state index in [-0.39, 0.29) is 11.8 Å². The van der Waals surface area contributed by atoms with Gasteiger partial charge in [-0.25, -0.2) is 0 Å². The Hall–Kier alpha value is -1.50. The minimum Gasteiger partial charge on any atom is -0.435 e. The van der Waals surface area contributed by atoms with Gasteiger partial charge in [-0.15, -0.1) is 0 Å². The molecule has 0 radical (unpaired) electrons. The predicted molar refractivity (Wildman–Crippen MR) is 78.8 cm³/mol. The number of aliphatic hydroxyl groups is 1. The maximum Gasteiger partial charge on any atom is 0.387 e. The zero-order chi connectivity index (χ0) is 15.2. The van der Waals surface area contributed by atoms with Crippen LogP contribution in [-0.2, 0) is 0 Å². The number of benzene rings is 1. The van der Waals surface area contributed by atoms with E-state index < -0.39 is 12.7 Å². The van der Waals surface area contributed by atoms with Crippen LogP contribution in [0.3, 0.4) is 0 Å². The molecule has 2 N–H and O–H groups in total. The number of hydrogen-bond donors (Lipinski definition) is 2. The second-order valence-electron chi connectivity index (χ2n) is 4.65. The van der Waals surface area contributed by atoms with Crippen molar-refractivity contribution >= 4 is 11.3 Å². The first-order valence-corrected chi connectivity index (χ1v) is 7.49. The molecule has 1 heterocycles. The Morgan fingerprint density at radius 2 is 1.90 bits per heavy atom. The lowest BCUT2D eigenvalue weighted by Crippen LogP contribution is -2.24. The fraction of sp³-hybridized carbons (Fsp3) is 0.333. The standard InChI is InChI=1S/C15H17F2NO2S/c1-10(18-8-14(19)12-6-7-21-9-12)11-2-4-13(5-3-11)20-15(16)17/h2-7,9-10,14-15,18-19H,8H2,1H3. The molecule has 2 aromatic rings. The topological polar surface area (TPSA) is 41.5 Å². The smallest absolute Gasteiger partial charge is 0.387 e. The van der Waals surface area contributed by atoms with Gasteiger partial charge in [0.05, 0.1) is 6.10 Å². The van der Waals surface area contributed by atoms with Crippen molar-refractivity contribution < 1.29 is 18.6 Å². The molecule has 3 nitrogen and oxygen atoms in total. The summed E-state index contributed by atoms with van der Waals surface area (Å²) >= 11 is 1.54. The molecule has 0 aliphatic carbocycles. The van der Waals surface area contributed by atoms with E-state index in [0.717, 1.165) is 11.1 Å². The number of aliphatic hydroxyl groups excluding tert-OH is 1. The largest absolute Gasteiger partial charge is 0.435 e. The minimum atomic E-state index is -2.81. The average Bonchev–Trinajstić information content (AvgIpc) is 2.99. The average molecular weight is 313 g/mol. The number of hydrogen-bond acceptors (Lipinski definition) is 4. The van der Waals surface area contributed by atoms with Crippen molar-refractivity contribution in [3.63, 3.8) is 0 Å². The molecule has 1 aromatic carbocycles. The molecule has 0 saturated carbocycles. The maximum absolute atomic E-state index is 12.1. The Bertz CT molecular complexity index is 531. The Labute approximate surface area is 126 Å². The molecule has 1 aromatic heterocycles. The highest BCUT2D eigenvalue weighted by Crippen LogP contribution is 2.20. The molecule has 21 heavy (non-hydrogen) atoms. The minimum absolute atomic E-state index is 0.00103. The van der Waals surface area contributed by atoms with Crippen LogP contribution in [0.4, 0.5) is 8.78 Å². The highest BCUT2D eigenvalue weighted by Gasteiger charge is 2.11. The van der Waals surface area contributed by atoms with Crippen molar-refractivity contribution in [2.45, 2.75) is 25.7 Å². The molecule has 0 bridgehead atoms. The maximum atomic E-state index is 12.1. The quantitative estimate of drug-likeness (QED) is 0.818. The van der Waals surface area contributed by atoms with Gasteiger partial charge in [0.25, 0.3) is 0 Å². The highest BCUT2D eigenvalue weighted by molar-refractivity contribution is 7.07. The van der Waals surface area contributed by atoms with Crippen LogP contribution < -0.4 is 10.1 Å². The highest BCUT2D eigenvalue weighted by atomic mass is 32.1. The summed E-state index contributed by atoms with van der Waals surface area (Å²) < 4.78 is 28.4. The second kappa shape index (κ2) is 7.49. The summed E-state index contributed by atoms with van der Waals surface area (Å²) in [7, 11) is 0. The molecule has 0 saturated heterocycles. The first kappa shape index (κ1) is 15.9. The Kier molecular flexibility index (Phi) is 5.67. The fourth-order valence-corrected chi connectivity index (χ4v) is 2.63. The lowest BCUT2D eigenvalue weighted by molar-refractivity contribution is -0.0498. The van der Waals surface area contributed by atoms with Gasteiger partial charge in [0.2, 0.25) is 0 Å². The Morgan fingerprint density at radius 1 is 1.19 bits per heavy atom. The number of nitrogens with one attached hydrogen (secondary N) is 1. The van der Waals surface area contributed by atoms with Crippen molar-refractivity contribution in [1.29, 1.82) is 0 Å². The summed E-state index contributed by atoms with van der Waals surface area (Å²) in [6, 6.07) is 8.36. The molecule has 0 amide bonds. The molecular formula is C15H17F2NO2S. The van der Waals surface area contributed by atoms with Crippen molar-refractivity contribution in [2.24, 2.45) is 0 Å². The molecule has 0 fully saturated rings. The molecule has 2 atom stereocenters. The van der Waals surface area contributed by atoms with E-state index in [1.807, 2.05) is 23.8 Å². The van der Waals surface area contributed by atoms with E-state index in [1.54, 1.807) is 23.5 Å². The molecule has 6 heteroatoms. The summed E-state index contributed by atoms with van der Waals surface area (Å²) in [5, 5.41) is 17.0. The molecule has 0 aliphatic heterocycles. The predicted octanol–water partition coefficient (Wildman–Crippen LogP) is 3.73. The van der Waals surface area contributed by atoms with Crippen LogP contribution in [0.1, 0.15) is 30.2 Å². The lowest BCUT2D eigenvalue weighted by Gasteiger charge is -2.17. The van der Waals surface area contributed by atoms with E-state index >= 15 is 0 Å². The third-order valence-electron chi connectivity index (χ3n) is 3.15. The monoisotopic (exact) mass is 313 g/mol. The van der Waals surface area contributed by atoms with Crippen LogP contribution in [0.5, 0.6) is 5.75 Å². The van der Waals surface area contributed by atoms with E-state index in [9.17, 15) is 13.9 Å². The summed E-state index contributed by atoms with van der Waals surface area (Å²) in [6.07, 6.45) is -0.555. The zero-order valence-electron chi connectivity index (χ0n) is 11.5. The van der Waals surface area contributed by atoms with Crippen LogP contribution >= 0.6 is 11.3 Å². The fourth-order valence-electron chi connectivity index (χ4n) is 1.93. The van der Waals surface area contributed by atoms with Gasteiger partial charge in [-0.1, -0.05) is 12.1 Å². The van der Waals surface area contributed by atoms with Gasteiger partial charge in [-0.2, -0.15) is 20.1 Å². The van der Waals surface area contributed by atoms with Crippen LogP contribution in [0.15, 0.2) is 41.1 Å². The van der Waals surface area contributed by atoms with Gasteiger partial charge in [0.15, 0.2) is 0 Å². The van der Waals surface area contributed by atoms with Gasteiger partial charge in [-0.05, 0) is 47.0 Å². The second-order valence-corrected chi connectivity index (χ2v) is 5.43.